The molecule has 1 aliphatic rings. The monoisotopic (exact) mass is 575 g/mol. The Morgan fingerprint density at radius 2 is 1.54 bits per heavy atom. The number of ether oxygens (including phenoxy) is 1. The summed E-state index contributed by atoms with van der Waals surface area (Å²) in [6.45, 7) is -3.85. The Bertz CT molecular complexity index is 1310. The van der Waals surface area contributed by atoms with Gasteiger partial charge in [-0.1, -0.05) is 6.85 Å². The molecule has 1 heterocycles. The van der Waals surface area contributed by atoms with Gasteiger partial charge < -0.3 is 9.84 Å². The first kappa shape index (κ1) is 25.6. The molecule has 0 saturated carbocycles. The molecule has 39 heavy (non-hydrogen) atoms. The molecule has 3 rings (SSSR count). The van der Waals surface area contributed by atoms with Crippen LogP contribution in [0.15, 0.2) is 36.4 Å². The first-order valence-corrected chi connectivity index (χ1v) is 10.9. The standard InChI is InChI=1S/C24H21F9N2O4/c1-3-16-10-19(17-9-13(22(25,26)27)4-5-18(17)35(16)20(36)37)34(21(38)39-2)11-12-6-14(23(28,29)30)8-15(7-12)24(31,32)33/h4-9,16,19H,3,10-11H2,1-2H3,(H,36,37)/i1D3. The van der Waals surface area contributed by atoms with Gasteiger partial charge in [-0.3, -0.25) is 9.80 Å². The molecule has 214 valence electrons. The number of nitrogens with zero attached hydrogens (tertiary/aromatic N) is 2. The molecule has 0 bridgehead atoms. The molecule has 15 heteroatoms. The lowest BCUT2D eigenvalue weighted by atomic mass is 9.87. The van der Waals surface area contributed by atoms with Crippen molar-refractivity contribution in [3.05, 3.63) is 64.2 Å². The van der Waals surface area contributed by atoms with Gasteiger partial charge in [-0.2, -0.15) is 39.5 Å². The van der Waals surface area contributed by atoms with Crippen LogP contribution in [0, 0.1) is 0 Å². The summed E-state index contributed by atoms with van der Waals surface area (Å²) in [5.41, 5.74) is -6.45. The molecule has 0 radical (unpaired) electrons. The average Bonchev–Trinajstić information content (AvgIpc) is 2.83. The number of anilines is 1. The summed E-state index contributed by atoms with van der Waals surface area (Å²) < 4.78 is 149. The van der Waals surface area contributed by atoms with Crippen LogP contribution >= 0.6 is 0 Å². The van der Waals surface area contributed by atoms with E-state index in [0.29, 0.717) is 34.1 Å². The number of hydrogen-bond donors (Lipinski definition) is 1. The highest BCUT2D eigenvalue weighted by Gasteiger charge is 2.43. The molecule has 0 aliphatic carbocycles. The van der Waals surface area contributed by atoms with Gasteiger partial charge in [0.25, 0.3) is 0 Å². The molecule has 1 aliphatic heterocycles. The van der Waals surface area contributed by atoms with Gasteiger partial charge in [0, 0.05) is 16.7 Å². The summed E-state index contributed by atoms with van der Waals surface area (Å²) in [6.07, 6.45) is -20.2. The molecule has 2 atom stereocenters. The number of fused-ring (bicyclic) bond motifs is 1. The highest BCUT2D eigenvalue weighted by Crippen LogP contribution is 2.45. The number of carbonyl (C=O) groups is 2. The molecule has 0 saturated heterocycles. The smallest absolute Gasteiger partial charge is 0.416 e. The van der Waals surface area contributed by atoms with Crippen molar-refractivity contribution in [1.29, 1.82) is 0 Å². The Hall–Kier alpha value is -3.65. The van der Waals surface area contributed by atoms with E-state index in [-0.39, 0.29) is 6.07 Å². The minimum atomic E-state index is -5.25. The van der Waals surface area contributed by atoms with Crippen LogP contribution in [-0.2, 0) is 29.8 Å². The summed E-state index contributed by atoms with van der Waals surface area (Å²) in [5.74, 6) is 0. The zero-order chi connectivity index (χ0) is 32.0. The largest absolute Gasteiger partial charge is 0.465 e. The fourth-order valence-corrected chi connectivity index (χ4v) is 4.36. The maximum absolute atomic E-state index is 13.6. The van der Waals surface area contributed by atoms with Gasteiger partial charge >= 0.3 is 30.7 Å². The van der Waals surface area contributed by atoms with E-state index in [4.69, 9.17) is 4.11 Å². The second-order valence-corrected chi connectivity index (χ2v) is 8.55. The Morgan fingerprint density at radius 3 is 2.00 bits per heavy atom. The lowest BCUT2D eigenvalue weighted by molar-refractivity contribution is -0.143. The number of carbonyl (C=O) groups excluding carboxylic acids is 1. The fraction of sp³-hybridized carbons (Fsp3) is 0.417. The van der Waals surface area contributed by atoms with Crippen molar-refractivity contribution in [2.24, 2.45) is 0 Å². The van der Waals surface area contributed by atoms with Crippen LogP contribution in [0.4, 0.5) is 54.8 Å². The normalized spacial score (nSPS) is 19.4. The van der Waals surface area contributed by atoms with Gasteiger partial charge in [0.1, 0.15) is 0 Å². The van der Waals surface area contributed by atoms with Gasteiger partial charge in [0.05, 0.1) is 35.5 Å². The quantitative estimate of drug-likeness (QED) is 0.379. The van der Waals surface area contributed by atoms with Crippen molar-refractivity contribution < 1.29 is 63.1 Å². The van der Waals surface area contributed by atoms with Crippen molar-refractivity contribution in [2.75, 3.05) is 12.0 Å². The number of hydrogen-bond acceptors (Lipinski definition) is 3. The predicted octanol–water partition coefficient (Wildman–Crippen LogP) is 7.72. The minimum Gasteiger partial charge on any atom is -0.465 e. The summed E-state index contributed by atoms with van der Waals surface area (Å²) >= 11 is 0. The summed E-state index contributed by atoms with van der Waals surface area (Å²) in [5, 5.41) is 9.81. The van der Waals surface area contributed by atoms with E-state index >= 15 is 0 Å². The Morgan fingerprint density at radius 1 is 0.974 bits per heavy atom. The van der Waals surface area contributed by atoms with E-state index in [1.807, 2.05) is 0 Å². The molecule has 1 N–H and O–H groups in total. The summed E-state index contributed by atoms with van der Waals surface area (Å²) in [7, 11) is 0.794. The fourth-order valence-electron chi connectivity index (χ4n) is 4.36. The van der Waals surface area contributed by atoms with Gasteiger partial charge in [-0.05, 0) is 60.4 Å². The Balaban J connectivity index is 2.26. The van der Waals surface area contributed by atoms with Crippen LogP contribution in [0.2, 0.25) is 0 Å². The third-order valence-corrected chi connectivity index (χ3v) is 6.06. The van der Waals surface area contributed by atoms with Crippen LogP contribution in [0.5, 0.6) is 0 Å². The molecule has 0 fully saturated rings. The Kier molecular flexibility index (Phi) is 6.89. The second-order valence-electron chi connectivity index (χ2n) is 8.55. The molecule has 2 aromatic rings. The molecule has 2 aromatic carbocycles. The highest BCUT2D eigenvalue weighted by molar-refractivity contribution is 5.89. The zero-order valence-electron chi connectivity index (χ0n) is 22.7. The predicted molar refractivity (Wildman–Crippen MR) is 118 cm³/mol. The lowest BCUT2D eigenvalue weighted by Gasteiger charge is -2.43. The van der Waals surface area contributed by atoms with Crippen LogP contribution in [0.3, 0.4) is 0 Å². The van der Waals surface area contributed by atoms with Gasteiger partial charge in [0.15, 0.2) is 0 Å². The van der Waals surface area contributed by atoms with Crippen molar-refractivity contribution >= 4 is 17.9 Å². The maximum atomic E-state index is 13.6. The van der Waals surface area contributed by atoms with E-state index in [9.17, 15) is 54.2 Å². The molecular weight excluding hydrogens is 551 g/mol. The summed E-state index contributed by atoms with van der Waals surface area (Å²) in [4.78, 5) is 26.0. The highest BCUT2D eigenvalue weighted by atomic mass is 19.4. The third kappa shape index (κ3) is 6.33. The number of alkyl halides is 9. The minimum absolute atomic E-state index is 0.158. The van der Waals surface area contributed by atoms with Gasteiger partial charge in [-0.25, -0.2) is 9.59 Å². The number of methoxy groups -OCH3 is 1. The zero-order valence-corrected chi connectivity index (χ0v) is 19.7. The number of rotatable bonds is 4. The average molecular weight is 575 g/mol. The molecule has 0 spiro atoms. The molecule has 2 unspecified atom stereocenters. The molecule has 6 nitrogen and oxygen atoms in total. The lowest BCUT2D eigenvalue weighted by Crippen LogP contribution is -2.48. The van der Waals surface area contributed by atoms with E-state index in [1.165, 1.54) is 0 Å². The van der Waals surface area contributed by atoms with Crippen molar-refractivity contribution in [1.82, 2.24) is 4.90 Å². The van der Waals surface area contributed by atoms with Crippen LogP contribution in [-0.4, -0.2) is 35.3 Å². The topological polar surface area (TPSA) is 70.1 Å². The van der Waals surface area contributed by atoms with Gasteiger partial charge in [0.2, 0.25) is 0 Å². The van der Waals surface area contributed by atoms with Crippen molar-refractivity contribution in [3.63, 3.8) is 0 Å². The van der Waals surface area contributed by atoms with Crippen LogP contribution in [0.25, 0.3) is 0 Å². The first-order chi connectivity index (χ1) is 19.0. The number of benzene rings is 2. The van der Waals surface area contributed by atoms with Crippen molar-refractivity contribution in [3.8, 4) is 0 Å². The van der Waals surface area contributed by atoms with Crippen LogP contribution < -0.4 is 4.90 Å². The van der Waals surface area contributed by atoms with Crippen LogP contribution in [0.1, 0.15) is 57.7 Å². The van der Waals surface area contributed by atoms with Gasteiger partial charge in [-0.15, -0.1) is 0 Å². The second kappa shape index (κ2) is 10.5. The number of carboxylic acid groups (broad SMARTS) is 1. The molecule has 2 amide bonds. The Labute approximate surface area is 219 Å². The maximum Gasteiger partial charge on any atom is 0.416 e. The first-order valence-electron chi connectivity index (χ1n) is 12.4. The SMILES string of the molecule is [2H]C([2H])([2H])CC1CC(N(Cc2cc(C(F)(F)F)cc(C(F)(F)F)c2)C(=O)OC)c2cc(C(F)(F)F)ccc2N1C(=O)O. The van der Waals surface area contributed by atoms with E-state index in [0.717, 1.165) is 13.2 Å². The van der Waals surface area contributed by atoms with Crippen molar-refractivity contribution in [2.45, 2.75) is 56.9 Å². The van der Waals surface area contributed by atoms with E-state index in [2.05, 4.69) is 4.74 Å². The molecule has 0 aromatic heterocycles. The number of amides is 2. The summed E-state index contributed by atoms with van der Waals surface area (Å²) in [6, 6.07) is -0.986. The number of halogens is 9. The molecular formula is C24H21F9N2O4. The van der Waals surface area contributed by atoms with E-state index in [1.54, 1.807) is 0 Å². The third-order valence-electron chi connectivity index (χ3n) is 6.06. The van der Waals surface area contributed by atoms with E-state index < -0.39 is 103 Å².